The number of hydrogen-bond donors (Lipinski definition) is 1. The molecule has 3 aromatic rings. The van der Waals surface area contributed by atoms with Crippen LogP contribution < -0.4 is 9.62 Å². The van der Waals surface area contributed by atoms with Crippen molar-refractivity contribution in [2.75, 3.05) is 16.7 Å². The molecule has 3 aromatic carbocycles. The number of benzene rings is 3. The van der Waals surface area contributed by atoms with Crippen LogP contribution in [0.1, 0.15) is 15.9 Å². The summed E-state index contributed by atoms with van der Waals surface area (Å²) in [6.07, 6.45) is 0. The van der Waals surface area contributed by atoms with Crippen molar-refractivity contribution in [2.45, 2.75) is 4.90 Å². The van der Waals surface area contributed by atoms with Crippen molar-refractivity contribution >= 4 is 50.5 Å². The highest BCUT2D eigenvalue weighted by Gasteiger charge is 2.22. The van der Waals surface area contributed by atoms with Crippen molar-refractivity contribution in [3.8, 4) is 6.07 Å². The molecule has 3 rings (SSSR count). The maximum Gasteiger partial charge on any atom is 0.264 e. The Labute approximate surface area is 184 Å². The van der Waals surface area contributed by atoms with Crippen LogP contribution in [-0.2, 0) is 10.0 Å². The minimum atomic E-state index is -3.92. The van der Waals surface area contributed by atoms with Gasteiger partial charge in [0.05, 0.1) is 21.2 Å². The third kappa shape index (κ3) is 4.57. The lowest BCUT2D eigenvalue weighted by molar-refractivity contribution is 0.102. The molecule has 0 aliphatic rings. The number of rotatable bonds is 5. The fourth-order valence-electron chi connectivity index (χ4n) is 2.65. The van der Waals surface area contributed by atoms with E-state index >= 15 is 0 Å². The first-order chi connectivity index (χ1) is 14.2. The standard InChI is InChI=1S/C21H15Cl2N3O3S/c1-26(18-6-3-5-16(22)11-18)30(28,29)19-7-2-4-14(10-19)21(27)25-17-9-8-15(13-24)20(23)12-17/h2-12H,1H3,(H,25,27). The lowest BCUT2D eigenvalue weighted by atomic mass is 10.2. The second-order valence-corrected chi connectivity index (χ2v) is 9.05. The Hall–Kier alpha value is -3.05. The van der Waals surface area contributed by atoms with E-state index in [1.165, 1.54) is 55.6 Å². The molecule has 0 atom stereocenters. The fourth-order valence-corrected chi connectivity index (χ4v) is 4.29. The number of nitrogens with zero attached hydrogens (tertiary/aromatic N) is 2. The van der Waals surface area contributed by atoms with Gasteiger partial charge in [0.2, 0.25) is 0 Å². The summed E-state index contributed by atoms with van der Waals surface area (Å²) < 4.78 is 27.1. The summed E-state index contributed by atoms with van der Waals surface area (Å²) in [6.45, 7) is 0. The first-order valence-electron chi connectivity index (χ1n) is 8.58. The van der Waals surface area contributed by atoms with Crippen LogP contribution in [0.2, 0.25) is 10.0 Å². The number of amides is 1. The van der Waals surface area contributed by atoms with E-state index in [-0.39, 0.29) is 21.0 Å². The smallest absolute Gasteiger partial charge is 0.264 e. The minimum Gasteiger partial charge on any atom is -0.322 e. The van der Waals surface area contributed by atoms with Gasteiger partial charge >= 0.3 is 0 Å². The number of halogens is 2. The highest BCUT2D eigenvalue weighted by Crippen LogP contribution is 2.25. The summed E-state index contributed by atoms with van der Waals surface area (Å²) in [5, 5.41) is 12.2. The Kier molecular flexibility index (Phi) is 6.32. The molecule has 0 radical (unpaired) electrons. The van der Waals surface area contributed by atoms with E-state index in [9.17, 15) is 13.2 Å². The van der Waals surface area contributed by atoms with Crippen molar-refractivity contribution in [3.63, 3.8) is 0 Å². The summed E-state index contributed by atoms with van der Waals surface area (Å²) in [5.74, 6) is -0.516. The second kappa shape index (κ2) is 8.76. The van der Waals surface area contributed by atoms with E-state index in [2.05, 4.69) is 5.32 Å². The molecule has 0 unspecified atom stereocenters. The van der Waals surface area contributed by atoms with Gasteiger partial charge in [-0.3, -0.25) is 9.10 Å². The molecule has 0 saturated carbocycles. The van der Waals surface area contributed by atoms with Crippen LogP contribution in [0.3, 0.4) is 0 Å². The Morgan fingerprint density at radius 3 is 2.43 bits per heavy atom. The Balaban J connectivity index is 1.87. The zero-order valence-electron chi connectivity index (χ0n) is 15.6. The molecule has 6 nitrogen and oxygen atoms in total. The fraction of sp³-hybridized carbons (Fsp3) is 0.0476. The molecule has 0 saturated heterocycles. The van der Waals surface area contributed by atoms with Gasteiger partial charge in [0.25, 0.3) is 15.9 Å². The summed E-state index contributed by atoms with van der Waals surface area (Å²) in [7, 11) is -2.51. The highest BCUT2D eigenvalue weighted by atomic mass is 35.5. The van der Waals surface area contributed by atoms with Crippen LogP contribution in [0.25, 0.3) is 0 Å². The lowest BCUT2D eigenvalue weighted by Gasteiger charge is -2.20. The van der Waals surface area contributed by atoms with Gasteiger partial charge in [-0.1, -0.05) is 35.3 Å². The largest absolute Gasteiger partial charge is 0.322 e. The maximum absolute atomic E-state index is 13.0. The predicted molar refractivity (Wildman–Crippen MR) is 118 cm³/mol. The van der Waals surface area contributed by atoms with Gasteiger partial charge in [0.15, 0.2) is 0 Å². The van der Waals surface area contributed by atoms with Crippen molar-refractivity contribution in [3.05, 3.63) is 87.9 Å². The maximum atomic E-state index is 13.0. The van der Waals surface area contributed by atoms with Gasteiger partial charge in [-0.05, 0) is 54.6 Å². The molecule has 9 heteroatoms. The molecule has 0 bridgehead atoms. The summed E-state index contributed by atoms with van der Waals surface area (Å²) in [4.78, 5) is 12.6. The average Bonchev–Trinajstić information content (AvgIpc) is 2.73. The van der Waals surface area contributed by atoms with Crippen molar-refractivity contribution in [2.24, 2.45) is 0 Å². The normalized spacial score (nSPS) is 10.9. The van der Waals surface area contributed by atoms with E-state index < -0.39 is 15.9 Å². The van der Waals surface area contributed by atoms with Gasteiger partial charge in [0, 0.05) is 23.3 Å². The van der Waals surface area contributed by atoms with Gasteiger partial charge < -0.3 is 5.32 Å². The SMILES string of the molecule is CN(c1cccc(Cl)c1)S(=O)(=O)c1cccc(C(=O)Nc2ccc(C#N)c(Cl)c2)c1. The predicted octanol–water partition coefficient (Wildman–Crippen LogP) is 4.94. The summed E-state index contributed by atoms with van der Waals surface area (Å²) in [5.41, 5.74) is 1.21. The first-order valence-corrected chi connectivity index (χ1v) is 10.8. The van der Waals surface area contributed by atoms with E-state index in [0.29, 0.717) is 16.4 Å². The van der Waals surface area contributed by atoms with E-state index in [1.807, 2.05) is 6.07 Å². The number of nitriles is 1. The van der Waals surface area contributed by atoms with Crippen LogP contribution in [-0.4, -0.2) is 21.4 Å². The molecule has 0 fully saturated rings. The first kappa shape index (κ1) is 21.7. The lowest BCUT2D eigenvalue weighted by Crippen LogP contribution is -2.26. The molecule has 152 valence electrons. The van der Waals surface area contributed by atoms with Crippen LogP contribution in [0.5, 0.6) is 0 Å². The molecule has 1 N–H and O–H groups in total. The summed E-state index contributed by atoms with van der Waals surface area (Å²) in [6, 6.07) is 18.5. The number of sulfonamides is 1. The van der Waals surface area contributed by atoms with E-state index in [1.54, 1.807) is 18.2 Å². The molecule has 1 amide bonds. The monoisotopic (exact) mass is 459 g/mol. The average molecular weight is 460 g/mol. The minimum absolute atomic E-state index is 0.0458. The zero-order chi connectivity index (χ0) is 21.9. The van der Waals surface area contributed by atoms with Crippen LogP contribution >= 0.6 is 23.2 Å². The Bertz CT molecular complexity index is 1270. The summed E-state index contributed by atoms with van der Waals surface area (Å²) >= 11 is 11.9. The molecule has 30 heavy (non-hydrogen) atoms. The van der Waals surface area contributed by atoms with Crippen molar-refractivity contribution in [1.29, 1.82) is 5.26 Å². The number of carbonyl (C=O) groups excluding carboxylic acids is 1. The Morgan fingerprint density at radius 2 is 1.77 bits per heavy atom. The molecular formula is C21H15Cl2N3O3S. The number of anilines is 2. The van der Waals surface area contributed by atoms with Crippen LogP contribution in [0.15, 0.2) is 71.6 Å². The van der Waals surface area contributed by atoms with Gasteiger partial charge in [0.1, 0.15) is 6.07 Å². The molecule has 0 aliphatic carbocycles. The quantitative estimate of drug-likeness (QED) is 0.584. The zero-order valence-corrected chi connectivity index (χ0v) is 18.0. The van der Waals surface area contributed by atoms with Gasteiger partial charge in [-0.2, -0.15) is 5.26 Å². The molecular weight excluding hydrogens is 445 g/mol. The van der Waals surface area contributed by atoms with Crippen LogP contribution in [0.4, 0.5) is 11.4 Å². The van der Waals surface area contributed by atoms with Gasteiger partial charge in [-0.25, -0.2) is 8.42 Å². The second-order valence-electron chi connectivity index (χ2n) is 6.24. The van der Waals surface area contributed by atoms with E-state index in [0.717, 1.165) is 4.31 Å². The third-order valence-electron chi connectivity index (χ3n) is 4.27. The number of nitrogens with one attached hydrogen (secondary N) is 1. The van der Waals surface area contributed by atoms with Gasteiger partial charge in [-0.15, -0.1) is 0 Å². The highest BCUT2D eigenvalue weighted by molar-refractivity contribution is 7.92. The van der Waals surface area contributed by atoms with E-state index in [4.69, 9.17) is 28.5 Å². The van der Waals surface area contributed by atoms with Crippen molar-refractivity contribution < 1.29 is 13.2 Å². The third-order valence-corrected chi connectivity index (χ3v) is 6.60. The topological polar surface area (TPSA) is 90.3 Å². The Morgan fingerprint density at radius 1 is 1.03 bits per heavy atom. The number of carbonyl (C=O) groups is 1. The molecule has 0 spiro atoms. The molecule has 0 aliphatic heterocycles. The molecule has 0 heterocycles. The van der Waals surface area contributed by atoms with Crippen LogP contribution in [0, 0.1) is 11.3 Å². The molecule has 0 aromatic heterocycles. The van der Waals surface area contributed by atoms with Crippen molar-refractivity contribution in [1.82, 2.24) is 0 Å². The number of hydrogen-bond acceptors (Lipinski definition) is 4.